The fourth-order valence-corrected chi connectivity index (χ4v) is 3.84. The van der Waals surface area contributed by atoms with E-state index in [2.05, 4.69) is 10.3 Å². The van der Waals surface area contributed by atoms with Gasteiger partial charge in [0.1, 0.15) is 17.1 Å². The van der Waals surface area contributed by atoms with Gasteiger partial charge < -0.3 is 19.9 Å². The quantitative estimate of drug-likeness (QED) is 0.313. The number of pyridine rings is 2. The van der Waals surface area contributed by atoms with Gasteiger partial charge in [-0.2, -0.15) is 0 Å². The van der Waals surface area contributed by atoms with Crippen LogP contribution in [0.5, 0.6) is 23.0 Å². The van der Waals surface area contributed by atoms with Crippen molar-refractivity contribution in [2.24, 2.45) is 0 Å². The van der Waals surface area contributed by atoms with E-state index >= 15 is 0 Å². The second-order valence-corrected chi connectivity index (χ2v) is 8.13. The first-order valence-electron chi connectivity index (χ1n) is 11.3. The van der Waals surface area contributed by atoms with Crippen molar-refractivity contribution < 1.29 is 28.2 Å². The number of amides is 1. The molecule has 0 aliphatic carbocycles. The van der Waals surface area contributed by atoms with Crippen molar-refractivity contribution in [3.63, 3.8) is 0 Å². The van der Waals surface area contributed by atoms with Crippen LogP contribution in [-0.2, 0) is 0 Å². The average Bonchev–Trinajstić information content (AvgIpc) is 2.90. The summed E-state index contributed by atoms with van der Waals surface area (Å²) in [5.41, 5.74) is 0.0954. The lowest BCUT2D eigenvalue weighted by Gasteiger charge is -2.12. The van der Waals surface area contributed by atoms with E-state index in [1.54, 1.807) is 0 Å². The Bertz CT molecular complexity index is 1740. The van der Waals surface area contributed by atoms with E-state index in [1.165, 1.54) is 90.8 Å². The van der Waals surface area contributed by atoms with Gasteiger partial charge in [0.25, 0.3) is 11.5 Å². The number of methoxy groups -OCH3 is 1. The van der Waals surface area contributed by atoms with Crippen molar-refractivity contribution in [2.75, 3.05) is 12.4 Å². The minimum absolute atomic E-state index is 0.0984. The third kappa shape index (κ3) is 4.74. The fourth-order valence-electron chi connectivity index (χ4n) is 3.84. The van der Waals surface area contributed by atoms with Gasteiger partial charge >= 0.3 is 0 Å². The number of hydrogen-bond donors (Lipinski definition) is 2. The molecule has 3 aromatic carbocycles. The van der Waals surface area contributed by atoms with E-state index in [0.29, 0.717) is 16.6 Å². The molecule has 0 spiro atoms. The first-order chi connectivity index (χ1) is 18.3. The Labute approximate surface area is 214 Å². The molecule has 0 aliphatic heterocycles. The van der Waals surface area contributed by atoms with Crippen LogP contribution in [-0.4, -0.2) is 27.7 Å². The number of fused-ring (bicyclic) bond motifs is 1. The van der Waals surface area contributed by atoms with Gasteiger partial charge in [0.2, 0.25) is 0 Å². The molecular weight excluding hydrogens is 496 g/mol. The number of halogens is 2. The van der Waals surface area contributed by atoms with Gasteiger partial charge in [0, 0.05) is 41.3 Å². The highest BCUT2D eigenvalue weighted by Gasteiger charge is 2.16. The second kappa shape index (κ2) is 10.0. The summed E-state index contributed by atoms with van der Waals surface area (Å²) in [4.78, 5) is 29.9. The minimum atomic E-state index is -0.768. The molecule has 0 unspecified atom stereocenters. The molecular formula is C28H19F2N3O5. The molecule has 2 aromatic heterocycles. The van der Waals surface area contributed by atoms with Crippen molar-refractivity contribution in [1.82, 2.24) is 9.55 Å². The van der Waals surface area contributed by atoms with Gasteiger partial charge in [-0.1, -0.05) is 0 Å². The van der Waals surface area contributed by atoms with Gasteiger partial charge in [0.15, 0.2) is 23.1 Å². The van der Waals surface area contributed by atoms with E-state index in [0.717, 1.165) is 6.07 Å². The van der Waals surface area contributed by atoms with Gasteiger partial charge in [-0.05, 0) is 60.7 Å². The van der Waals surface area contributed by atoms with Crippen molar-refractivity contribution in [3.8, 4) is 28.7 Å². The zero-order valence-corrected chi connectivity index (χ0v) is 19.8. The molecule has 2 heterocycles. The predicted molar refractivity (Wildman–Crippen MR) is 136 cm³/mol. The SMILES string of the molecule is COc1cc2c(Oc3ccc(NC(=O)c4cccn(-c5ccc(F)cc5)c4=O)cc3F)ccnc2cc1O. The lowest BCUT2D eigenvalue weighted by molar-refractivity contribution is 0.102. The molecule has 0 saturated heterocycles. The number of aromatic nitrogens is 2. The van der Waals surface area contributed by atoms with Crippen LogP contribution in [0, 0.1) is 11.6 Å². The normalized spacial score (nSPS) is 10.8. The van der Waals surface area contributed by atoms with Crippen molar-refractivity contribution in [1.29, 1.82) is 0 Å². The van der Waals surface area contributed by atoms with E-state index in [-0.39, 0.29) is 34.2 Å². The maximum Gasteiger partial charge on any atom is 0.267 e. The highest BCUT2D eigenvalue weighted by atomic mass is 19.1. The number of nitrogens with zero attached hydrogens (tertiary/aromatic N) is 2. The first kappa shape index (κ1) is 24.4. The predicted octanol–water partition coefficient (Wildman–Crippen LogP) is 5.42. The van der Waals surface area contributed by atoms with Crippen molar-refractivity contribution in [2.45, 2.75) is 0 Å². The molecule has 0 aliphatic rings. The number of benzene rings is 3. The van der Waals surface area contributed by atoms with E-state index in [9.17, 15) is 23.5 Å². The zero-order chi connectivity index (χ0) is 26.8. The molecule has 0 atom stereocenters. The van der Waals surface area contributed by atoms with Crippen molar-refractivity contribution >= 4 is 22.5 Å². The average molecular weight is 515 g/mol. The van der Waals surface area contributed by atoms with Crippen molar-refractivity contribution in [3.05, 3.63) is 113 Å². The molecule has 0 fully saturated rings. The lowest BCUT2D eigenvalue weighted by atomic mass is 10.2. The number of phenols is 1. The molecule has 0 saturated carbocycles. The van der Waals surface area contributed by atoms with Gasteiger partial charge in [0.05, 0.1) is 12.6 Å². The Hall–Kier alpha value is -5.25. The molecule has 38 heavy (non-hydrogen) atoms. The molecule has 1 amide bonds. The summed E-state index contributed by atoms with van der Waals surface area (Å²) >= 11 is 0. The van der Waals surface area contributed by atoms with Gasteiger partial charge in [-0.15, -0.1) is 0 Å². The summed E-state index contributed by atoms with van der Waals surface area (Å²) in [6.45, 7) is 0. The standard InChI is InChI=1S/C28H19F2N3O5/c1-37-26-14-20-22(15-23(26)34)31-11-10-24(20)38-25-9-6-17(13-21(25)30)32-27(35)19-3-2-12-33(28(19)36)18-7-4-16(29)5-8-18/h2-15,34H,1H3,(H,32,35). The summed E-state index contributed by atoms with van der Waals surface area (Å²) in [6.07, 6.45) is 2.91. The number of ether oxygens (including phenoxy) is 2. The van der Waals surface area contributed by atoms with Crippen LogP contribution in [0.2, 0.25) is 0 Å². The van der Waals surface area contributed by atoms with E-state index < -0.39 is 23.1 Å². The summed E-state index contributed by atoms with van der Waals surface area (Å²) in [5, 5.41) is 13.0. The maximum atomic E-state index is 14.9. The number of rotatable bonds is 6. The number of carbonyl (C=O) groups excluding carboxylic acids is 1. The number of carbonyl (C=O) groups is 1. The minimum Gasteiger partial charge on any atom is -0.504 e. The third-order valence-corrected chi connectivity index (χ3v) is 5.71. The topological polar surface area (TPSA) is 103 Å². The van der Waals surface area contributed by atoms with Crippen LogP contribution in [0.4, 0.5) is 14.5 Å². The Balaban J connectivity index is 1.38. The highest BCUT2D eigenvalue weighted by Crippen LogP contribution is 2.37. The number of anilines is 1. The monoisotopic (exact) mass is 515 g/mol. The van der Waals surface area contributed by atoms with Crippen LogP contribution in [0.25, 0.3) is 16.6 Å². The van der Waals surface area contributed by atoms with Crippen LogP contribution in [0.1, 0.15) is 10.4 Å². The molecule has 0 radical (unpaired) electrons. The molecule has 5 rings (SSSR count). The Morgan fingerprint density at radius 3 is 2.50 bits per heavy atom. The number of nitrogens with one attached hydrogen (secondary N) is 1. The summed E-state index contributed by atoms with van der Waals surface area (Å²) in [7, 11) is 1.40. The van der Waals surface area contributed by atoms with Gasteiger partial charge in [-0.3, -0.25) is 19.1 Å². The zero-order valence-electron chi connectivity index (χ0n) is 19.8. The molecule has 0 bridgehead atoms. The molecule has 10 heteroatoms. The molecule has 8 nitrogen and oxygen atoms in total. The Morgan fingerprint density at radius 1 is 0.974 bits per heavy atom. The summed E-state index contributed by atoms with van der Waals surface area (Å²) in [5.74, 6) is -1.72. The van der Waals surface area contributed by atoms with E-state index in [1.807, 2.05) is 0 Å². The fraction of sp³-hybridized carbons (Fsp3) is 0.0357. The van der Waals surface area contributed by atoms with Gasteiger partial charge in [-0.25, -0.2) is 8.78 Å². The molecule has 2 N–H and O–H groups in total. The lowest BCUT2D eigenvalue weighted by Crippen LogP contribution is -2.27. The Kier molecular flexibility index (Phi) is 6.44. The second-order valence-electron chi connectivity index (χ2n) is 8.13. The Morgan fingerprint density at radius 2 is 1.76 bits per heavy atom. The number of aromatic hydroxyl groups is 1. The summed E-state index contributed by atoms with van der Waals surface area (Å²) in [6, 6.07) is 16.4. The maximum absolute atomic E-state index is 14.9. The van der Waals surface area contributed by atoms with E-state index in [4.69, 9.17) is 9.47 Å². The van der Waals surface area contributed by atoms with Crippen LogP contribution < -0.4 is 20.3 Å². The first-order valence-corrected chi connectivity index (χ1v) is 11.3. The number of hydrogen-bond acceptors (Lipinski definition) is 6. The van der Waals surface area contributed by atoms with Crippen LogP contribution in [0.3, 0.4) is 0 Å². The molecule has 190 valence electrons. The molecule has 5 aromatic rings. The third-order valence-electron chi connectivity index (χ3n) is 5.71. The highest BCUT2D eigenvalue weighted by molar-refractivity contribution is 6.04. The largest absolute Gasteiger partial charge is 0.504 e. The summed E-state index contributed by atoms with van der Waals surface area (Å²) < 4.78 is 40.3. The van der Waals surface area contributed by atoms with Crippen LogP contribution >= 0.6 is 0 Å². The van der Waals surface area contributed by atoms with Crippen LogP contribution in [0.15, 0.2) is 90.0 Å². The smallest absolute Gasteiger partial charge is 0.267 e. The number of phenolic OH excluding ortho intramolecular Hbond substituents is 1.